The second kappa shape index (κ2) is 6.15. The van der Waals surface area contributed by atoms with Gasteiger partial charge in [-0.3, -0.25) is 9.59 Å². The zero-order valence-electron chi connectivity index (χ0n) is 10.8. The van der Waals surface area contributed by atoms with E-state index in [1.54, 1.807) is 25.1 Å². The van der Waals surface area contributed by atoms with Crippen LogP contribution in [0, 0.1) is 0 Å². The number of ether oxygens (including phenoxy) is 1. The van der Waals surface area contributed by atoms with Crippen LogP contribution in [0.2, 0.25) is 0 Å². The Hall–Kier alpha value is -1.73. The zero-order chi connectivity index (χ0) is 14.7. The largest absolute Gasteiger partial charge is 0.465 e. The average Bonchev–Trinajstić information content (AvgIpc) is 2.42. The highest BCUT2D eigenvalue weighted by molar-refractivity contribution is 9.10. The lowest BCUT2D eigenvalue weighted by atomic mass is 10.1. The highest BCUT2D eigenvalue weighted by Gasteiger charge is 2.13. The Morgan fingerprint density at radius 1 is 1.45 bits per heavy atom. The Morgan fingerprint density at radius 3 is 2.85 bits per heavy atom. The first-order valence-electron chi connectivity index (χ1n) is 6.02. The fourth-order valence-electron chi connectivity index (χ4n) is 1.88. The molecular formula is C13H13BrN2O4. The zero-order valence-corrected chi connectivity index (χ0v) is 12.4. The highest BCUT2D eigenvalue weighted by Crippen LogP contribution is 2.19. The van der Waals surface area contributed by atoms with Gasteiger partial charge in [0.2, 0.25) is 0 Å². The molecule has 0 aliphatic heterocycles. The van der Waals surface area contributed by atoms with Gasteiger partial charge in [-0.15, -0.1) is 0 Å². The number of halogens is 1. The smallest absolute Gasteiger partial charge is 0.327 e. The van der Waals surface area contributed by atoms with Crippen molar-refractivity contribution in [1.29, 1.82) is 0 Å². The summed E-state index contributed by atoms with van der Waals surface area (Å²) in [6.45, 7) is 1.33. The van der Waals surface area contributed by atoms with Crippen LogP contribution in [-0.4, -0.2) is 27.5 Å². The van der Waals surface area contributed by atoms with Crippen molar-refractivity contribution < 1.29 is 14.6 Å². The van der Waals surface area contributed by atoms with Gasteiger partial charge in [-0.05, 0) is 25.1 Å². The van der Waals surface area contributed by atoms with Gasteiger partial charge < -0.3 is 9.84 Å². The van der Waals surface area contributed by atoms with E-state index >= 15 is 0 Å². The van der Waals surface area contributed by atoms with Gasteiger partial charge in [0.1, 0.15) is 6.54 Å². The minimum Gasteiger partial charge on any atom is -0.465 e. The molecule has 0 fully saturated rings. The molecule has 0 aliphatic carbocycles. The van der Waals surface area contributed by atoms with Gasteiger partial charge in [-0.2, -0.15) is 5.10 Å². The van der Waals surface area contributed by atoms with Crippen molar-refractivity contribution in [1.82, 2.24) is 9.78 Å². The molecule has 106 valence electrons. The van der Waals surface area contributed by atoms with Crippen molar-refractivity contribution in [2.45, 2.75) is 20.1 Å². The first kappa shape index (κ1) is 14.7. The maximum Gasteiger partial charge on any atom is 0.327 e. The molecule has 0 amide bonds. The van der Waals surface area contributed by atoms with Crippen LogP contribution in [0.4, 0.5) is 0 Å². The third-order valence-electron chi connectivity index (χ3n) is 2.73. The molecule has 0 bridgehead atoms. The van der Waals surface area contributed by atoms with E-state index in [-0.39, 0.29) is 19.8 Å². The predicted molar refractivity (Wildman–Crippen MR) is 76.3 cm³/mol. The topological polar surface area (TPSA) is 81.4 Å². The lowest BCUT2D eigenvalue weighted by molar-refractivity contribution is -0.144. The van der Waals surface area contributed by atoms with Crippen molar-refractivity contribution in [3.63, 3.8) is 0 Å². The summed E-state index contributed by atoms with van der Waals surface area (Å²) in [5.41, 5.74) is -0.0528. The van der Waals surface area contributed by atoms with Crippen molar-refractivity contribution in [3.8, 4) is 0 Å². The van der Waals surface area contributed by atoms with Gasteiger partial charge in [0.05, 0.1) is 24.3 Å². The molecule has 0 aliphatic rings. The summed E-state index contributed by atoms with van der Waals surface area (Å²) in [7, 11) is 0. The summed E-state index contributed by atoms with van der Waals surface area (Å²) in [6, 6.07) is 5.06. The second-order valence-corrected chi connectivity index (χ2v) is 4.98. The molecule has 0 saturated heterocycles. The van der Waals surface area contributed by atoms with Crippen molar-refractivity contribution in [2.24, 2.45) is 0 Å². The highest BCUT2D eigenvalue weighted by atomic mass is 79.9. The summed E-state index contributed by atoms with van der Waals surface area (Å²) in [5.74, 6) is -0.539. The molecule has 1 aromatic heterocycles. The predicted octanol–water partition coefficient (Wildman–Crippen LogP) is 1.21. The van der Waals surface area contributed by atoms with E-state index in [4.69, 9.17) is 4.74 Å². The van der Waals surface area contributed by atoms with E-state index < -0.39 is 11.5 Å². The molecule has 1 heterocycles. The third kappa shape index (κ3) is 2.88. The van der Waals surface area contributed by atoms with Crippen molar-refractivity contribution in [3.05, 3.63) is 38.7 Å². The van der Waals surface area contributed by atoms with Crippen LogP contribution in [0.15, 0.2) is 27.5 Å². The molecule has 6 nitrogen and oxygen atoms in total. The molecule has 7 heteroatoms. The number of aliphatic hydroxyl groups is 1. The van der Waals surface area contributed by atoms with Gasteiger partial charge in [0, 0.05) is 9.86 Å². The summed E-state index contributed by atoms with van der Waals surface area (Å²) < 4.78 is 6.59. The van der Waals surface area contributed by atoms with Gasteiger partial charge in [0.25, 0.3) is 5.56 Å². The molecule has 0 radical (unpaired) electrons. The lowest BCUT2D eigenvalue weighted by Gasteiger charge is -2.09. The summed E-state index contributed by atoms with van der Waals surface area (Å²) >= 11 is 3.31. The molecule has 0 saturated carbocycles. The third-order valence-corrected chi connectivity index (χ3v) is 3.23. The Bertz CT molecular complexity index is 711. The van der Waals surface area contributed by atoms with Crippen LogP contribution < -0.4 is 5.56 Å². The number of carbonyl (C=O) groups is 1. The van der Waals surface area contributed by atoms with E-state index in [2.05, 4.69) is 21.0 Å². The number of fused-ring (bicyclic) bond motifs is 1. The van der Waals surface area contributed by atoms with E-state index in [1.165, 1.54) is 0 Å². The second-order valence-electron chi connectivity index (χ2n) is 4.06. The van der Waals surface area contributed by atoms with Crippen LogP contribution in [0.3, 0.4) is 0 Å². The Kier molecular flexibility index (Phi) is 4.51. The summed E-state index contributed by atoms with van der Waals surface area (Å²) in [6.07, 6.45) is 0. The van der Waals surface area contributed by atoms with Crippen molar-refractivity contribution in [2.75, 3.05) is 6.61 Å². The number of esters is 1. The molecule has 2 rings (SSSR count). The maximum atomic E-state index is 12.2. The van der Waals surface area contributed by atoms with Crippen molar-refractivity contribution >= 4 is 32.7 Å². The van der Waals surface area contributed by atoms with E-state index in [1.807, 2.05) is 0 Å². The monoisotopic (exact) mass is 340 g/mol. The van der Waals surface area contributed by atoms with E-state index in [0.29, 0.717) is 16.5 Å². The molecule has 20 heavy (non-hydrogen) atoms. The molecule has 2 aromatic rings. The van der Waals surface area contributed by atoms with Crippen LogP contribution in [-0.2, 0) is 22.7 Å². The first-order valence-corrected chi connectivity index (χ1v) is 6.81. The minimum atomic E-state index is -0.539. The maximum absolute atomic E-state index is 12.2. The van der Waals surface area contributed by atoms with Crippen LogP contribution in [0.5, 0.6) is 0 Å². The van der Waals surface area contributed by atoms with E-state index in [0.717, 1.165) is 9.15 Å². The molecular weight excluding hydrogens is 328 g/mol. The Balaban J connectivity index is 2.57. The Morgan fingerprint density at radius 2 is 2.20 bits per heavy atom. The normalized spacial score (nSPS) is 10.8. The minimum absolute atomic E-state index is 0.237. The fraction of sp³-hybridized carbons (Fsp3) is 0.308. The molecule has 0 spiro atoms. The molecule has 1 N–H and O–H groups in total. The number of hydrogen-bond acceptors (Lipinski definition) is 5. The molecule has 0 atom stereocenters. The number of rotatable bonds is 4. The number of hydrogen-bond donors (Lipinski definition) is 1. The lowest BCUT2D eigenvalue weighted by Crippen LogP contribution is -2.29. The number of carbonyl (C=O) groups excluding carboxylic acids is 1. The number of aromatic nitrogens is 2. The Labute approximate surface area is 123 Å². The average molecular weight is 341 g/mol. The van der Waals surface area contributed by atoms with E-state index in [9.17, 15) is 14.7 Å². The van der Waals surface area contributed by atoms with Gasteiger partial charge in [-0.25, -0.2) is 4.68 Å². The standard InChI is InChI=1S/C13H13BrN2O4/c1-2-20-12(18)6-16-13(19)9-4-3-8(14)5-10(9)11(7-17)15-16/h3-5,17H,2,6-7H2,1H3. The molecule has 1 aromatic carbocycles. The quantitative estimate of drug-likeness (QED) is 0.846. The summed E-state index contributed by atoms with van der Waals surface area (Å²) in [4.78, 5) is 23.7. The first-order chi connectivity index (χ1) is 9.56. The number of nitrogens with zero attached hydrogens (tertiary/aromatic N) is 2. The summed E-state index contributed by atoms with van der Waals surface area (Å²) in [5, 5.41) is 14.3. The fourth-order valence-corrected chi connectivity index (χ4v) is 2.24. The number of aliphatic hydroxyl groups excluding tert-OH is 1. The SMILES string of the molecule is CCOC(=O)Cn1nc(CO)c2cc(Br)ccc2c1=O. The molecule has 0 unspecified atom stereocenters. The van der Waals surface area contributed by atoms with Crippen LogP contribution in [0.1, 0.15) is 12.6 Å². The van der Waals surface area contributed by atoms with Gasteiger partial charge in [-0.1, -0.05) is 15.9 Å². The van der Waals surface area contributed by atoms with Crippen LogP contribution in [0.25, 0.3) is 10.8 Å². The number of benzene rings is 1. The van der Waals surface area contributed by atoms with Gasteiger partial charge in [0.15, 0.2) is 0 Å². The van der Waals surface area contributed by atoms with Gasteiger partial charge >= 0.3 is 5.97 Å². The van der Waals surface area contributed by atoms with Crippen LogP contribution >= 0.6 is 15.9 Å².